The number of hydrogen-bond acceptors (Lipinski definition) is 4. The Morgan fingerprint density at radius 2 is 2.10 bits per heavy atom. The van der Waals surface area contributed by atoms with Gasteiger partial charge in [-0.05, 0) is 48.5 Å². The lowest BCUT2D eigenvalue weighted by atomic mass is 10.1. The van der Waals surface area contributed by atoms with Gasteiger partial charge in [0.2, 0.25) is 0 Å². The molecule has 3 aromatic rings. The normalized spacial score (nSPS) is 12.8. The Kier molecular flexibility index (Phi) is 3.78. The second-order valence-corrected chi connectivity index (χ2v) is 6.27. The fourth-order valence-corrected chi connectivity index (χ4v) is 3.62. The maximum Gasteiger partial charge on any atom is 0.200 e. The van der Waals surface area contributed by atoms with E-state index >= 15 is 0 Å². The first-order valence-corrected chi connectivity index (χ1v) is 7.71. The Labute approximate surface area is 129 Å². The van der Waals surface area contributed by atoms with Crippen LogP contribution in [-0.2, 0) is 0 Å². The van der Waals surface area contributed by atoms with Gasteiger partial charge in [-0.1, -0.05) is 28.1 Å². The highest BCUT2D eigenvalue weighted by Crippen LogP contribution is 2.32. The summed E-state index contributed by atoms with van der Waals surface area (Å²) in [5.74, 6) is 0. The molecule has 1 atom stereocenters. The lowest BCUT2D eigenvalue weighted by Crippen LogP contribution is -1.92. The van der Waals surface area contributed by atoms with Crippen molar-refractivity contribution in [2.45, 2.75) is 23.1 Å². The number of nitrogens with zero attached hydrogens (tertiary/aromatic N) is 3. The number of pyridine rings is 1. The predicted molar refractivity (Wildman–Crippen MR) is 81.9 cm³/mol. The van der Waals surface area contributed by atoms with Crippen LogP contribution in [0.1, 0.15) is 18.6 Å². The summed E-state index contributed by atoms with van der Waals surface area (Å²) in [7, 11) is 0. The molecule has 0 saturated carbocycles. The molecule has 4 nitrogen and oxygen atoms in total. The van der Waals surface area contributed by atoms with E-state index in [0.717, 1.165) is 25.7 Å². The van der Waals surface area contributed by atoms with Gasteiger partial charge in [0.05, 0.1) is 6.10 Å². The number of fused-ring (bicyclic) bond motifs is 1. The van der Waals surface area contributed by atoms with E-state index in [1.54, 1.807) is 6.92 Å². The molecule has 0 unspecified atom stereocenters. The zero-order chi connectivity index (χ0) is 14.1. The van der Waals surface area contributed by atoms with Crippen molar-refractivity contribution in [3.63, 3.8) is 0 Å². The lowest BCUT2D eigenvalue weighted by molar-refractivity contribution is 0.198. The minimum absolute atomic E-state index is 0.489. The van der Waals surface area contributed by atoms with Crippen molar-refractivity contribution >= 4 is 33.3 Å². The molecule has 3 rings (SSSR count). The van der Waals surface area contributed by atoms with Crippen LogP contribution in [0.4, 0.5) is 0 Å². The zero-order valence-corrected chi connectivity index (χ0v) is 13.1. The molecule has 0 aliphatic heterocycles. The second-order valence-electron chi connectivity index (χ2n) is 4.37. The molecule has 102 valence electrons. The summed E-state index contributed by atoms with van der Waals surface area (Å²) < 4.78 is 2.84. The first kappa shape index (κ1) is 13.6. The number of hydrogen-bond donors (Lipinski definition) is 1. The van der Waals surface area contributed by atoms with Crippen LogP contribution in [-0.4, -0.2) is 19.7 Å². The minimum atomic E-state index is -0.489. The first-order valence-electron chi connectivity index (χ1n) is 6.10. The third-order valence-electron chi connectivity index (χ3n) is 2.91. The molecule has 1 aromatic carbocycles. The molecule has 0 amide bonds. The van der Waals surface area contributed by atoms with Gasteiger partial charge >= 0.3 is 0 Å². The van der Waals surface area contributed by atoms with Gasteiger partial charge in [-0.2, -0.15) is 0 Å². The van der Waals surface area contributed by atoms with Gasteiger partial charge in [-0.15, -0.1) is 10.2 Å². The molecule has 1 N–H and O–H groups in total. The highest BCUT2D eigenvalue weighted by atomic mass is 79.9. The molecular formula is C14H12BrN3OS. The van der Waals surface area contributed by atoms with Crippen LogP contribution in [0.25, 0.3) is 5.65 Å². The molecule has 0 aliphatic rings. The maximum atomic E-state index is 9.63. The van der Waals surface area contributed by atoms with Crippen LogP contribution in [0.3, 0.4) is 0 Å². The Morgan fingerprint density at radius 1 is 1.25 bits per heavy atom. The van der Waals surface area contributed by atoms with Crippen LogP contribution in [0, 0.1) is 0 Å². The van der Waals surface area contributed by atoms with Crippen molar-refractivity contribution in [1.29, 1.82) is 0 Å². The molecule has 0 radical (unpaired) electrons. The number of rotatable bonds is 3. The molecule has 0 aliphatic carbocycles. The summed E-state index contributed by atoms with van der Waals surface area (Å²) in [4.78, 5) is 1.04. The van der Waals surface area contributed by atoms with Crippen LogP contribution in [0.15, 0.2) is 57.1 Å². The van der Waals surface area contributed by atoms with Crippen LogP contribution < -0.4 is 0 Å². The van der Waals surface area contributed by atoms with E-state index in [1.807, 2.05) is 47.0 Å². The molecule has 0 fully saturated rings. The van der Waals surface area contributed by atoms with Gasteiger partial charge in [0.25, 0.3) is 0 Å². The summed E-state index contributed by atoms with van der Waals surface area (Å²) in [6, 6.07) is 11.7. The van der Waals surface area contributed by atoms with Crippen molar-refractivity contribution in [2.75, 3.05) is 0 Å². The van der Waals surface area contributed by atoms with Crippen molar-refractivity contribution in [3.05, 3.63) is 52.6 Å². The minimum Gasteiger partial charge on any atom is -0.389 e. The molecule has 2 heterocycles. The number of aromatic nitrogens is 3. The molecule has 20 heavy (non-hydrogen) atoms. The SMILES string of the molecule is C[C@@H](O)c1ccc(Sc2nnc3ccccn23)cc1Br. The quantitative estimate of drug-likeness (QED) is 0.783. The van der Waals surface area contributed by atoms with E-state index in [4.69, 9.17) is 0 Å². The fraction of sp³-hybridized carbons (Fsp3) is 0.143. The Bertz CT molecular complexity index is 757. The summed E-state index contributed by atoms with van der Waals surface area (Å²) >= 11 is 5.02. The summed E-state index contributed by atoms with van der Waals surface area (Å²) in [5, 5.41) is 18.8. The van der Waals surface area contributed by atoms with E-state index in [9.17, 15) is 5.11 Å². The van der Waals surface area contributed by atoms with E-state index in [-0.39, 0.29) is 0 Å². The van der Waals surface area contributed by atoms with Crippen molar-refractivity contribution in [1.82, 2.24) is 14.6 Å². The van der Waals surface area contributed by atoms with Crippen LogP contribution >= 0.6 is 27.7 Å². The lowest BCUT2D eigenvalue weighted by Gasteiger charge is -2.08. The summed E-state index contributed by atoms with van der Waals surface area (Å²) in [5.41, 5.74) is 1.70. The highest BCUT2D eigenvalue weighted by Gasteiger charge is 2.10. The average molecular weight is 350 g/mol. The van der Waals surface area contributed by atoms with Gasteiger partial charge in [-0.25, -0.2) is 0 Å². The van der Waals surface area contributed by atoms with E-state index in [2.05, 4.69) is 26.1 Å². The monoisotopic (exact) mass is 349 g/mol. The van der Waals surface area contributed by atoms with E-state index in [1.165, 1.54) is 11.8 Å². The Balaban J connectivity index is 1.93. The third kappa shape index (κ3) is 2.59. The summed E-state index contributed by atoms with van der Waals surface area (Å²) in [6.45, 7) is 1.75. The molecule has 6 heteroatoms. The van der Waals surface area contributed by atoms with Gasteiger partial charge in [0.1, 0.15) is 0 Å². The first-order chi connectivity index (χ1) is 9.65. The van der Waals surface area contributed by atoms with E-state index in [0.29, 0.717) is 0 Å². The van der Waals surface area contributed by atoms with Crippen LogP contribution in [0.5, 0.6) is 0 Å². The topological polar surface area (TPSA) is 50.4 Å². The molecule has 0 bridgehead atoms. The number of aliphatic hydroxyl groups is 1. The summed E-state index contributed by atoms with van der Waals surface area (Å²) in [6.07, 6.45) is 1.45. The van der Waals surface area contributed by atoms with Gasteiger partial charge < -0.3 is 5.11 Å². The number of benzene rings is 1. The van der Waals surface area contributed by atoms with Gasteiger partial charge in [-0.3, -0.25) is 4.40 Å². The van der Waals surface area contributed by atoms with Crippen molar-refractivity contribution in [2.24, 2.45) is 0 Å². The van der Waals surface area contributed by atoms with Crippen molar-refractivity contribution in [3.8, 4) is 0 Å². The van der Waals surface area contributed by atoms with Crippen molar-refractivity contribution < 1.29 is 5.11 Å². The van der Waals surface area contributed by atoms with E-state index < -0.39 is 6.10 Å². The predicted octanol–water partition coefficient (Wildman–Crippen LogP) is 3.70. The fourth-order valence-electron chi connectivity index (χ4n) is 1.90. The highest BCUT2D eigenvalue weighted by molar-refractivity contribution is 9.10. The third-order valence-corrected chi connectivity index (χ3v) is 4.55. The largest absolute Gasteiger partial charge is 0.389 e. The number of halogens is 1. The van der Waals surface area contributed by atoms with Gasteiger partial charge in [0.15, 0.2) is 10.8 Å². The average Bonchev–Trinajstić information content (AvgIpc) is 2.82. The number of aliphatic hydroxyl groups excluding tert-OH is 1. The molecule has 0 saturated heterocycles. The Morgan fingerprint density at radius 3 is 2.85 bits per heavy atom. The maximum absolute atomic E-state index is 9.63. The molecular weight excluding hydrogens is 338 g/mol. The zero-order valence-electron chi connectivity index (χ0n) is 10.7. The van der Waals surface area contributed by atoms with Crippen LogP contribution in [0.2, 0.25) is 0 Å². The van der Waals surface area contributed by atoms with Gasteiger partial charge in [0, 0.05) is 15.6 Å². The molecule has 0 spiro atoms. The molecule has 2 aromatic heterocycles. The second kappa shape index (κ2) is 5.55. The Hall–Kier alpha value is -1.37. The standard InChI is InChI=1S/C14H12BrN3OS/c1-9(19)11-6-5-10(8-12(11)15)20-14-17-16-13-4-2-3-7-18(13)14/h2-9,19H,1H3/t9-/m1/s1. The smallest absolute Gasteiger partial charge is 0.200 e.